The van der Waals surface area contributed by atoms with Crippen LogP contribution in [0.15, 0.2) is 35.5 Å². The lowest BCUT2D eigenvalue weighted by Crippen LogP contribution is -2.42. The fourth-order valence-electron chi connectivity index (χ4n) is 5.12. The number of amides is 2. The number of carbonyl (C=O) groups excluding carboxylic acids is 3. The molecule has 3 aliphatic rings. The molecule has 4 rings (SSSR count). The molecule has 0 spiro atoms. The number of esters is 1. The van der Waals surface area contributed by atoms with E-state index in [2.05, 4.69) is 5.16 Å². The molecule has 0 saturated carbocycles. The fraction of sp³-hybridized carbons (Fsp3) is 0.548. The van der Waals surface area contributed by atoms with E-state index >= 15 is 0 Å². The maximum Gasteiger partial charge on any atom is 0.342 e. The summed E-state index contributed by atoms with van der Waals surface area (Å²) in [5, 5.41) is 25.0. The number of morpholine rings is 1. The molecular formula is C31H40ClN3O9. The van der Waals surface area contributed by atoms with Crippen LogP contribution >= 0.6 is 11.6 Å². The summed E-state index contributed by atoms with van der Waals surface area (Å²) in [6.45, 7) is 4.66. The quantitative estimate of drug-likeness (QED) is 0.273. The van der Waals surface area contributed by atoms with Gasteiger partial charge in [0.2, 0.25) is 5.91 Å². The minimum atomic E-state index is -0.828. The maximum absolute atomic E-state index is 13.2. The van der Waals surface area contributed by atoms with E-state index in [1.165, 1.54) is 0 Å². The van der Waals surface area contributed by atoms with Crippen molar-refractivity contribution in [2.45, 2.75) is 57.7 Å². The third-order valence-corrected chi connectivity index (χ3v) is 7.97. The summed E-state index contributed by atoms with van der Waals surface area (Å²) in [5.41, 5.74) is 0.149. The molecule has 2 saturated heterocycles. The molecule has 0 radical (unpaired) electrons. The number of benzene rings is 1. The lowest BCUT2D eigenvalue weighted by molar-refractivity contribution is -0.141. The Morgan fingerprint density at radius 1 is 1.00 bits per heavy atom. The van der Waals surface area contributed by atoms with Gasteiger partial charge in [-0.15, -0.1) is 0 Å². The van der Waals surface area contributed by atoms with Crippen molar-refractivity contribution in [2.24, 2.45) is 5.16 Å². The van der Waals surface area contributed by atoms with Gasteiger partial charge in [0.15, 0.2) is 6.61 Å². The van der Waals surface area contributed by atoms with Gasteiger partial charge in [-0.3, -0.25) is 9.59 Å². The molecule has 0 aromatic heterocycles. The highest BCUT2D eigenvalue weighted by molar-refractivity contribution is 6.33. The molecule has 2 N–H and O–H groups in total. The number of cyclic esters (lactones) is 1. The number of nitrogens with zero attached hydrogens (tertiary/aromatic N) is 3. The van der Waals surface area contributed by atoms with Crippen LogP contribution < -0.4 is 0 Å². The van der Waals surface area contributed by atoms with Gasteiger partial charge in [-0.2, -0.15) is 0 Å². The Morgan fingerprint density at radius 2 is 1.70 bits per heavy atom. The number of piperidine rings is 1. The Labute approximate surface area is 261 Å². The summed E-state index contributed by atoms with van der Waals surface area (Å²) in [5.74, 6) is -2.06. The van der Waals surface area contributed by atoms with Gasteiger partial charge >= 0.3 is 5.97 Å². The number of fused-ring (bicyclic) bond motifs is 1. The minimum absolute atomic E-state index is 0.0900. The number of carbonyl (C=O) groups is 3. The van der Waals surface area contributed by atoms with Gasteiger partial charge in [-0.05, 0) is 44.2 Å². The summed E-state index contributed by atoms with van der Waals surface area (Å²) in [7, 11) is 0. The summed E-state index contributed by atoms with van der Waals surface area (Å²) in [4.78, 5) is 47.3. The SMILES string of the molecule is C[C@@H]1C/C=C/[C@@H](OCC(=O)N2CCOCC2)C/C=C/C(=N\OCC(=O)N2CCCCC2)Cc2c(Cl)c(O)cc(O)c2C(=O)O1. The molecule has 240 valence electrons. The predicted molar refractivity (Wildman–Crippen MR) is 162 cm³/mol. The number of allylic oxidation sites excluding steroid dienone is 1. The second-order valence-electron chi connectivity index (χ2n) is 10.9. The smallest absolute Gasteiger partial charge is 0.342 e. The number of rotatable bonds is 6. The highest BCUT2D eigenvalue weighted by atomic mass is 35.5. The zero-order valence-corrected chi connectivity index (χ0v) is 25.7. The van der Waals surface area contributed by atoms with E-state index < -0.39 is 29.7 Å². The van der Waals surface area contributed by atoms with Crippen LogP contribution in [0, 0.1) is 0 Å². The first-order valence-corrected chi connectivity index (χ1v) is 15.3. The van der Waals surface area contributed by atoms with E-state index in [-0.39, 0.29) is 53.3 Å². The Balaban J connectivity index is 1.57. The first kappa shape index (κ1) is 33.3. The van der Waals surface area contributed by atoms with E-state index in [0.717, 1.165) is 25.3 Å². The van der Waals surface area contributed by atoms with Gasteiger partial charge in [0, 0.05) is 45.1 Å². The summed E-state index contributed by atoms with van der Waals surface area (Å²) >= 11 is 6.42. The maximum atomic E-state index is 13.2. The number of hydrogen-bond acceptors (Lipinski definition) is 10. The number of phenols is 2. The van der Waals surface area contributed by atoms with E-state index in [9.17, 15) is 24.6 Å². The lowest BCUT2D eigenvalue weighted by Gasteiger charge is -2.27. The molecule has 2 atom stereocenters. The second kappa shape index (κ2) is 16.5. The number of phenolic OH excluding ortho intramolecular Hbond substituents is 2. The lowest BCUT2D eigenvalue weighted by atomic mass is 9.99. The van der Waals surface area contributed by atoms with E-state index in [1.54, 1.807) is 41.0 Å². The Hall–Kier alpha value is -3.61. The number of oxime groups is 1. The number of likely N-dealkylation sites (tertiary alicyclic amines) is 1. The van der Waals surface area contributed by atoms with Crippen molar-refractivity contribution < 1.29 is 43.6 Å². The van der Waals surface area contributed by atoms with Crippen LogP contribution in [0.25, 0.3) is 0 Å². The Bertz CT molecular complexity index is 1270. The first-order chi connectivity index (χ1) is 21.2. The van der Waals surface area contributed by atoms with Crippen LogP contribution in [0.3, 0.4) is 0 Å². The molecule has 2 amide bonds. The molecule has 0 aliphatic carbocycles. The van der Waals surface area contributed by atoms with Crippen molar-refractivity contribution in [3.8, 4) is 11.5 Å². The highest BCUT2D eigenvalue weighted by Crippen LogP contribution is 2.37. The van der Waals surface area contributed by atoms with Crippen molar-refractivity contribution in [2.75, 3.05) is 52.6 Å². The van der Waals surface area contributed by atoms with Crippen molar-refractivity contribution in [1.82, 2.24) is 9.80 Å². The molecule has 1 aromatic carbocycles. The second-order valence-corrected chi connectivity index (χ2v) is 11.3. The first-order valence-electron chi connectivity index (χ1n) is 14.9. The average Bonchev–Trinajstić information content (AvgIpc) is 3.02. The van der Waals surface area contributed by atoms with Gasteiger partial charge < -0.3 is 39.1 Å². The summed E-state index contributed by atoms with van der Waals surface area (Å²) in [6.07, 6.45) is 9.48. The Morgan fingerprint density at radius 3 is 2.45 bits per heavy atom. The Kier molecular flexibility index (Phi) is 12.5. The number of halogens is 1. The standard InChI is InChI=1S/C31H40ClN3O9/c1-21-7-5-9-23(42-19-27(38)35-13-15-41-16-14-35)10-6-8-22(33-43-20-28(39)34-11-3-2-4-12-34)17-24-29(31(40)44-21)25(36)18-26(37)30(24)32/h5-6,8-9,18,21,23,36-37H,2-4,7,10-17,19-20H2,1H3/b8-6+,9-5+,33-22+/t21-,23-/m1/s1. The zero-order chi connectivity index (χ0) is 31.5. The third kappa shape index (κ3) is 9.44. The largest absolute Gasteiger partial charge is 0.507 e. The molecule has 0 unspecified atom stereocenters. The molecule has 44 heavy (non-hydrogen) atoms. The van der Waals surface area contributed by atoms with Gasteiger partial charge in [0.25, 0.3) is 5.91 Å². The van der Waals surface area contributed by atoms with Crippen LogP contribution in [-0.2, 0) is 35.1 Å². The summed E-state index contributed by atoms with van der Waals surface area (Å²) < 4.78 is 16.8. The van der Waals surface area contributed by atoms with Crippen molar-refractivity contribution in [3.05, 3.63) is 46.5 Å². The molecule has 13 heteroatoms. The molecule has 3 heterocycles. The predicted octanol–water partition coefficient (Wildman–Crippen LogP) is 3.37. The molecule has 0 bridgehead atoms. The zero-order valence-electron chi connectivity index (χ0n) is 24.9. The molecule has 2 fully saturated rings. The molecule has 3 aliphatic heterocycles. The minimum Gasteiger partial charge on any atom is -0.507 e. The van der Waals surface area contributed by atoms with Crippen LogP contribution in [-0.4, -0.2) is 108 Å². The van der Waals surface area contributed by atoms with Crippen molar-refractivity contribution in [1.29, 1.82) is 0 Å². The van der Waals surface area contributed by atoms with Crippen LogP contribution in [0.2, 0.25) is 5.02 Å². The third-order valence-electron chi connectivity index (χ3n) is 7.55. The van der Waals surface area contributed by atoms with E-state index in [1.807, 2.05) is 0 Å². The summed E-state index contributed by atoms with van der Waals surface area (Å²) in [6, 6.07) is 0.983. The topological polar surface area (TPSA) is 147 Å². The normalized spacial score (nSPS) is 24.1. The highest BCUT2D eigenvalue weighted by Gasteiger charge is 2.26. The fourth-order valence-corrected chi connectivity index (χ4v) is 5.34. The molecular weight excluding hydrogens is 594 g/mol. The van der Waals surface area contributed by atoms with Crippen LogP contribution in [0.4, 0.5) is 0 Å². The van der Waals surface area contributed by atoms with Crippen LogP contribution in [0.1, 0.15) is 54.9 Å². The van der Waals surface area contributed by atoms with E-state index in [4.69, 9.17) is 30.6 Å². The molecule has 12 nitrogen and oxygen atoms in total. The van der Waals surface area contributed by atoms with Gasteiger partial charge in [0.05, 0.1) is 30.1 Å². The van der Waals surface area contributed by atoms with Crippen LogP contribution in [0.5, 0.6) is 11.5 Å². The number of aromatic hydroxyl groups is 2. The number of hydrogen-bond donors (Lipinski definition) is 2. The number of ether oxygens (including phenoxy) is 3. The van der Waals surface area contributed by atoms with Gasteiger partial charge in [-0.1, -0.05) is 35.0 Å². The molecule has 1 aromatic rings. The van der Waals surface area contributed by atoms with E-state index in [0.29, 0.717) is 52.2 Å². The van der Waals surface area contributed by atoms with Gasteiger partial charge in [-0.25, -0.2) is 4.79 Å². The van der Waals surface area contributed by atoms with Crippen molar-refractivity contribution >= 4 is 35.1 Å². The monoisotopic (exact) mass is 633 g/mol. The van der Waals surface area contributed by atoms with Crippen molar-refractivity contribution in [3.63, 3.8) is 0 Å². The van der Waals surface area contributed by atoms with Gasteiger partial charge in [0.1, 0.15) is 29.8 Å². The average molecular weight is 634 g/mol.